The van der Waals surface area contributed by atoms with Crippen molar-refractivity contribution in [3.8, 4) is 0 Å². The molecule has 3 rings (SSSR count). The highest BCUT2D eigenvalue weighted by Crippen LogP contribution is 2.39. The minimum absolute atomic E-state index is 0.269. The normalized spacial score (nSPS) is 22.0. The molecule has 0 radical (unpaired) electrons. The molecule has 1 aromatic rings. The van der Waals surface area contributed by atoms with Gasteiger partial charge in [-0.1, -0.05) is 11.6 Å². The first-order chi connectivity index (χ1) is 13.0. The molecular weight excluding hydrogens is 447 g/mol. The summed E-state index contributed by atoms with van der Waals surface area (Å²) in [7, 11) is -4.66. The van der Waals surface area contributed by atoms with E-state index in [2.05, 4.69) is 0 Å². The number of anilines is 2. The summed E-state index contributed by atoms with van der Waals surface area (Å²) in [6.45, 7) is -0.362. The quantitative estimate of drug-likeness (QED) is 0.493. The molecule has 2 aliphatic heterocycles. The standard InChI is InChI=1S/C14H11Cl2F2N3O6S/c15-5-28(26,27)21(14(24)25)9-3-10(8(18)2-7(9)16)20-12(22)11-1-6(17)4-19(11)13(20)23/h2-3,6,11H,1,4-5H2,(H,24,25)/p-1. The van der Waals surface area contributed by atoms with Gasteiger partial charge in [0, 0.05) is 6.42 Å². The number of carbonyl (C=O) groups is 3. The summed E-state index contributed by atoms with van der Waals surface area (Å²) in [5.74, 6) is -2.13. The molecule has 4 amide bonds. The minimum atomic E-state index is -4.66. The van der Waals surface area contributed by atoms with Crippen LogP contribution in [0.25, 0.3) is 0 Å². The average molecular weight is 457 g/mol. The van der Waals surface area contributed by atoms with Crippen LogP contribution in [0, 0.1) is 5.82 Å². The summed E-state index contributed by atoms with van der Waals surface area (Å²) in [6, 6.07) is -1.02. The molecule has 2 aliphatic rings. The van der Waals surface area contributed by atoms with Crippen LogP contribution in [0.2, 0.25) is 5.02 Å². The molecule has 2 unspecified atom stereocenters. The van der Waals surface area contributed by atoms with E-state index in [1.165, 1.54) is 0 Å². The molecule has 9 nitrogen and oxygen atoms in total. The first kappa shape index (κ1) is 20.6. The Balaban J connectivity index is 2.12. The highest BCUT2D eigenvalue weighted by atomic mass is 35.5. The third-order valence-electron chi connectivity index (χ3n) is 4.25. The van der Waals surface area contributed by atoms with E-state index < -0.39 is 67.7 Å². The van der Waals surface area contributed by atoms with Crippen molar-refractivity contribution in [3.63, 3.8) is 0 Å². The van der Waals surface area contributed by atoms with Crippen LogP contribution in [0.1, 0.15) is 6.42 Å². The summed E-state index contributed by atoms with van der Waals surface area (Å²) in [6.07, 6.45) is -3.91. The van der Waals surface area contributed by atoms with Crippen LogP contribution in [0.5, 0.6) is 0 Å². The zero-order chi connectivity index (χ0) is 21.0. The Kier molecular flexibility index (Phi) is 5.15. The third kappa shape index (κ3) is 3.14. The van der Waals surface area contributed by atoms with Crippen molar-refractivity contribution < 1.29 is 36.7 Å². The maximum atomic E-state index is 14.4. The van der Waals surface area contributed by atoms with Gasteiger partial charge in [-0.2, -0.15) is 0 Å². The first-order valence-corrected chi connectivity index (χ1v) is 10.1. The van der Waals surface area contributed by atoms with Crippen LogP contribution in [0.15, 0.2) is 12.1 Å². The van der Waals surface area contributed by atoms with Gasteiger partial charge in [-0.3, -0.25) is 4.79 Å². The summed E-state index contributed by atoms with van der Waals surface area (Å²) in [5.41, 5.74) is -1.52. The fourth-order valence-electron chi connectivity index (χ4n) is 3.09. The number of hydrogen-bond donors (Lipinski definition) is 0. The summed E-state index contributed by atoms with van der Waals surface area (Å²) < 4.78 is 51.5. The van der Waals surface area contributed by atoms with E-state index in [1.807, 2.05) is 0 Å². The SMILES string of the molecule is O=C1C2CC(F)CN2C(=O)N1c1cc(N(C(=O)[O-])S(=O)(=O)CCl)c(Cl)cc1F. The van der Waals surface area contributed by atoms with Crippen LogP contribution in [0.4, 0.5) is 29.7 Å². The Labute approximate surface area is 167 Å². The number of hydrogen-bond acceptors (Lipinski definition) is 6. The Hall–Kier alpha value is -2.18. The van der Waals surface area contributed by atoms with E-state index in [0.29, 0.717) is 17.0 Å². The zero-order valence-electron chi connectivity index (χ0n) is 13.6. The number of carbonyl (C=O) groups excluding carboxylic acids is 3. The van der Waals surface area contributed by atoms with Gasteiger partial charge in [0.15, 0.2) is 6.09 Å². The number of carboxylic acid groups (broad SMARTS) is 1. The Morgan fingerprint density at radius 3 is 2.54 bits per heavy atom. The highest BCUT2D eigenvalue weighted by Gasteiger charge is 2.52. The third-order valence-corrected chi connectivity index (χ3v) is 6.56. The maximum Gasteiger partial charge on any atom is 0.332 e. The van der Waals surface area contributed by atoms with Crippen LogP contribution in [-0.4, -0.2) is 55.3 Å². The van der Waals surface area contributed by atoms with Crippen molar-refractivity contribution in [2.45, 2.75) is 18.6 Å². The molecule has 1 aromatic carbocycles. The lowest BCUT2D eigenvalue weighted by Gasteiger charge is -2.26. The number of fused-ring (bicyclic) bond motifs is 1. The molecule has 2 atom stereocenters. The number of rotatable bonds is 4. The number of alkyl halides is 2. The monoisotopic (exact) mass is 456 g/mol. The van der Waals surface area contributed by atoms with E-state index in [-0.39, 0.29) is 17.3 Å². The van der Waals surface area contributed by atoms with Crippen molar-refractivity contribution in [3.05, 3.63) is 23.0 Å². The van der Waals surface area contributed by atoms with E-state index in [0.717, 1.165) is 4.90 Å². The Bertz CT molecular complexity index is 968. The zero-order valence-corrected chi connectivity index (χ0v) is 16.0. The van der Waals surface area contributed by atoms with Crippen molar-refractivity contribution in [2.24, 2.45) is 0 Å². The van der Waals surface area contributed by atoms with Gasteiger partial charge in [0.1, 0.15) is 23.2 Å². The predicted molar refractivity (Wildman–Crippen MR) is 91.8 cm³/mol. The topological polar surface area (TPSA) is 118 Å². The molecule has 28 heavy (non-hydrogen) atoms. The van der Waals surface area contributed by atoms with Gasteiger partial charge in [0.2, 0.25) is 0 Å². The fraction of sp³-hybridized carbons (Fsp3) is 0.357. The van der Waals surface area contributed by atoms with E-state index in [9.17, 15) is 36.7 Å². The van der Waals surface area contributed by atoms with E-state index in [1.54, 1.807) is 0 Å². The minimum Gasteiger partial charge on any atom is -0.529 e. The maximum absolute atomic E-state index is 14.4. The second-order valence-corrected chi connectivity index (χ2v) is 8.77. The van der Waals surface area contributed by atoms with Gasteiger partial charge < -0.3 is 14.8 Å². The van der Waals surface area contributed by atoms with Crippen molar-refractivity contribution >= 4 is 62.6 Å². The number of nitrogens with zero attached hydrogens (tertiary/aromatic N) is 3. The lowest BCUT2D eigenvalue weighted by molar-refractivity contribution is -0.244. The highest BCUT2D eigenvalue weighted by molar-refractivity contribution is 7.94. The number of benzene rings is 1. The van der Waals surface area contributed by atoms with Crippen LogP contribution < -0.4 is 14.3 Å². The van der Waals surface area contributed by atoms with Crippen LogP contribution >= 0.6 is 23.2 Å². The van der Waals surface area contributed by atoms with Gasteiger partial charge >= 0.3 is 6.03 Å². The lowest BCUT2D eigenvalue weighted by atomic mass is 10.2. The number of halogens is 4. The van der Waals surface area contributed by atoms with Gasteiger partial charge in [-0.15, -0.1) is 11.6 Å². The molecular formula is C14H10Cl2F2N3O6S-. The second-order valence-electron chi connectivity index (χ2n) is 5.96. The predicted octanol–water partition coefficient (Wildman–Crippen LogP) is 1.03. The molecule has 14 heteroatoms. The molecule has 0 spiro atoms. The van der Waals surface area contributed by atoms with Crippen LogP contribution in [-0.2, 0) is 14.8 Å². The Morgan fingerprint density at radius 2 is 2.00 bits per heavy atom. The molecule has 0 N–H and O–H groups in total. The number of imide groups is 1. The molecule has 0 saturated carbocycles. The van der Waals surface area contributed by atoms with Crippen molar-refractivity contribution in [2.75, 3.05) is 21.0 Å². The molecule has 0 bridgehead atoms. The number of urea groups is 1. The number of amides is 4. The summed E-state index contributed by atoms with van der Waals surface area (Å²) >= 11 is 11.0. The van der Waals surface area contributed by atoms with Gasteiger partial charge in [0.25, 0.3) is 15.9 Å². The van der Waals surface area contributed by atoms with Crippen molar-refractivity contribution in [1.29, 1.82) is 0 Å². The van der Waals surface area contributed by atoms with Gasteiger partial charge in [-0.25, -0.2) is 31.2 Å². The molecule has 2 heterocycles. The number of sulfonamides is 1. The fourth-order valence-corrected chi connectivity index (χ4v) is 4.44. The van der Waals surface area contributed by atoms with E-state index in [4.69, 9.17) is 23.2 Å². The average Bonchev–Trinajstić information content (AvgIpc) is 3.08. The summed E-state index contributed by atoms with van der Waals surface area (Å²) in [4.78, 5) is 37.5. The molecule has 152 valence electrons. The molecule has 0 aromatic heterocycles. The van der Waals surface area contributed by atoms with Crippen LogP contribution in [0.3, 0.4) is 0 Å². The van der Waals surface area contributed by atoms with Gasteiger partial charge in [0.05, 0.1) is 22.9 Å². The van der Waals surface area contributed by atoms with Crippen molar-refractivity contribution in [1.82, 2.24) is 4.90 Å². The molecule has 2 fully saturated rings. The first-order valence-electron chi connectivity index (χ1n) is 7.57. The Morgan fingerprint density at radius 1 is 1.36 bits per heavy atom. The van der Waals surface area contributed by atoms with E-state index >= 15 is 0 Å². The summed E-state index contributed by atoms with van der Waals surface area (Å²) in [5, 5.41) is 9.51. The van der Waals surface area contributed by atoms with Gasteiger partial charge in [-0.05, 0) is 12.1 Å². The smallest absolute Gasteiger partial charge is 0.332 e. The largest absolute Gasteiger partial charge is 0.529 e. The lowest BCUT2D eigenvalue weighted by Crippen LogP contribution is -2.46. The second kappa shape index (κ2) is 7.01. The molecule has 0 aliphatic carbocycles. The molecule has 2 saturated heterocycles.